The van der Waals surface area contributed by atoms with Gasteiger partial charge in [-0.1, -0.05) is 23.7 Å². The molecule has 0 spiro atoms. The van der Waals surface area contributed by atoms with Gasteiger partial charge in [-0.3, -0.25) is 0 Å². The van der Waals surface area contributed by atoms with Crippen LogP contribution in [0.25, 0.3) is 0 Å². The van der Waals surface area contributed by atoms with E-state index < -0.39 is 17.7 Å². The highest BCUT2D eigenvalue weighted by atomic mass is 35.5. The molecule has 1 aromatic carbocycles. The number of aromatic nitrogens is 2. The molecule has 0 saturated heterocycles. The van der Waals surface area contributed by atoms with Gasteiger partial charge in [-0.2, -0.15) is 5.10 Å². The number of hydrogen-bond donors (Lipinski definition) is 1. The number of anilines is 1. The third-order valence-electron chi connectivity index (χ3n) is 2.59. The number of hydrogen-bond acceptors (Lipinski definition) is 2. The molecule has 2 N–H and O–H groups in total. The molecule has 2 aromatic rings. The molecule has 0 bridgehead atoms. The first kappa shape index (κ1) is 11.9. The quantitative estimate of drug-likeness (QED) is 0.899. The summed E-state index contributed by atoms with van der Waals surface area (Å²) in [6, 6.07) is 3.45. The van der Waals surface area contributed by atoms with Gasteiger partial charge in [-0.15, -0.1) is 0 Å². The standard InChI is InChI=1S/C11H10ClF2N3/c1-6(17-11(15)8(12)5-16-17)7-3-2-4-9(13)10(7)14/h2-6H,15H2,1H3. The van der Waals surface area contributed by atoms with Crippen LogP contribution in [0.5, 0.6) is 0 Å². The number of benzene rings is 1. The number of nitrogen functional groups attached to an aromatic ring is 1. The molecule has 0 amide bonds. The summed E-state index contributed by atoms with van der Waals surface area (Å²) in [5.41, 5.74) is 5.86. The first-order chi connectivity index (χ1) is 8.02. The lowest BCUT2D eigenvalue weighted by atomic mass is 10.1. The topological polar surface area (TPSA) is 43.8 Å². The Kier molecular flexibility index (Phi) is 3.02. The molecule has 90 valence electrons. The summed E-state index contributed by atoms with van der Waals surface area (Å²) < 4.78 is 28.0. The van der Waals surface area contributed by atoms with Gasteiger partial charge in [0.2, 0.25) is 0 Å². The fourth-order valence-electron chi connectivity index (χ4n) is 1.63. The number of nitrogens with zero attached hydrogens (tertiary/aromatic N) is 2. The van der Waals surface area contributed by atoms with Crippen molar-refractivity contribution in [3.05, 3.63) is 46.6 Å². The predicted molar refractivity (Wildman–Crippen MR) is 61.8 cm³/mol. The van der Waals surface area contributed by atoms with Crippen molar-refractivity contribution in [3.8, 4) is 0 Å². The van der Waals surface area contributed by atoms with Gasteiger partial charge >= 0.3 is 0 Å². The van der Waals surface area contributed by atoms with Crippen molar-refractivity contribution in [2.75, 3.05) is 5.73 Å². The fraction of sp³-hybridized carbons (Fsp3) is 0.182. The summed E-state index contributed by atoms with van der Waals surface area (Å²) in [5, 5.41) is 4.22. The lowest BCUT2D eigenvalue weighted by molar-refractivity contribution is 0.471. The molecule has 17 heavy (non-hydrogen) atoms. The van der Waals surface area contributed by atoms with Crippen molar-refractivity contribution in [1.82, 2.24) is 9.78 Å². The Morgan fingerprint density at radius 3 is 2.71 bits per heavy atom. The van der Waals surface area contributed by atoms with E-state index in [4.69, 9.17) is 17.3 Å². The average molecular weight is 258 g/mol. The number of rotatable bonds is 2. The Balaban J connectivity index is 2.47. The smallest absolute Gasteiger partial charge is 0.164 e. The second kappa shape index (κ2) is 4.33. The molecule has 2 rings (SSSR count). The molecular weight excluding hydrogens is 248 g/mol. The van der Waals surface area contributed by atoms with Crippen molar-refractivity contribution in [1.29, 1.82) is 0 Å². The van der Waals surface area contributed by atoms with Crippen LogP contribution in [0.1, 0.15) is 18.5 Å². The maximum Gasteiger partial charge on any atom is 0.164 e. The Morgan fingerprint density at radius 1 is 1.41 bits per heavy atom. The summed E-state index contributed by atoms with van der Waals surface area (Å²) in [5.74, 6) is -1.57. The minimum Gasteiger partial charge on any atom is -0.383 e. The predicted octanol–water partition coefficient (Wildman–Crippen LogP) is 3.01. The van der Waals surface area contributed by atoms with E-state index in [0.29, 0.717) is 0 Å². The third kappa shape index (κ3) is 1.98. The fourth-order valence-corrected chi connectivity index (χ4v) is 1.76. The van der Waals surface area contributed by atoms with Gasteiger partial charge < -0.3 is 5.73 Å². The lowest BCUT2D eigenvalue weighted by Gasteiger charge is -2.15. The summed E-state index contributed by atoms with van der Waals surface area (Å²) in [4.78, 5) is 0. The molecule has 1 heterocycles. The summed E-state index contributed by atoms with van der Waals surface area (Å²) in [7, 11) is 0. The van der Waals surface area contributed by atoms with Gasteiger partial charge in [0.25, 0.3) is 0 Å². The highest BCUT2D eigenvalue weighted by Crippen LogP contribution is 2.27. The molecule has 6 heteroatoms. The van der Waals surface area contributed by atoms with Crippen molar-refractivity contribution < 1.29 is 8.78 Å². The highest BCUT2D eigenvalue weighted by Gasteiger charge is 2.18. The molecule has 0 saturated carbocycles. The van der Waals surface area contributed by atoms with Gasteiger partial charge in [-0.05, 0) is 13.0 Å². The van der Waals surface area contributed by atoms with Crippen LogP contribution in [-0.2, 0) is 0 Å². The Hall–Kier alpha value is -1.62. The minimum atomic E-state index is -0.897. The van der Waals surface area contributed by atoms with Crippen molar-refractivity contribution in [2.24, 2.45) is 0 Å². The molecule has 0 aliphatic carbocycles. The van der Waals surface area contributed by atoms with E-state index in [2.05, 4.69) is 5.10 Å². The van der Waals surface area contributed by atoms with Crippen molar-refractivity contribution in [3.63, 3.8) is 0 Å². The Bertz CT molecular complexity index is 554. The van der Waals surface area contributed by atoms with Crippen LogP contribution in [0.2, 0.25) is 5.02 Å². The lowest BCUT2D eigenvalue weighted by Crippen LogP contribution is -2.13. The van der Waals surface area contributed by atoms with Crippen molar-refractivity contribution >= 4 is 17.4 Å². The highest BCUT2D eigenvalue weighted by molar-refractivity contribution is 6.32. The largest absolute Gasteiger partial charge is 0.383 e. The van der Waals surface area contributed by atoms with E-state index in [1.54, 1.807) is 6.92 Å². The molecule has 1 aromatic heterocycles. The molecule has 1 unspecified atom stereocenters. The van der Waals surface area contributed by atoms with E-state index >= 15 is 0 Å². The molecular formula is C11H10ClF2N3. The van der Waals surface area contributed by atoms with Gasteiger partial charge in [0.1, 0.15) is 10.8 Å². The number of nitrogens with two attached hydrogens (primary N) is 1. The van der Waals surface area contributed by atoms with Crippen LogP contribution in [0.15, 0.2) is 24.4 Å². The van der Waals surface area contributed by atoms with Crippen LogP contribution in [0.3, 0.4) is 0 Å². The zero-order valence-electron chi connectivity index (χ0n) is 8.99. The molecule has 0 aliphatic heterocycles. The molecule has 0 radical (unpaired) electrons. The van der Waals surface area contributed by atoms with E-state index in [0.717, 1.165) is 6.07 Å². The summed E-state index contributed by atoms with van der Waals surface area (Å²) >= 11 is 5.76. The third-order valence-corrected chi connectivity index (χ3v) is 2.88. The zero-order valence-corrected chi connectivity index (χ0v) is 9.75. The Labute approximate surface area is 102 Å². The number of halogens is 3. The molecule has 1 atom stereocenters. The van der Waals surface area contributed by atoms with E-state index in [-0.39, 0.29) is 16.4 Å². The molecule has 3 nitrogen and oxygen atoms in total. The van der Waals surface area contributed by atoms with Crippen LogP contribution in [-0.4, -0.2) is 9.78 Å². The molecule has 0 aliphatic rings. The van der Waals surface area contributed by atoms with Crippen LogP contribution < -0.4 is 5.73 Å². The first-order valence-corrected chi connectivity index (χ1v) is 5.32. The van der Waals surface area contributed by atoms with E-state index in [9.17, 15) is 8.78 Å². The zero-order chi connectivity index (χ0) is 12.6. The van der Waals surface area contributed by atoms with E-state index in [1.807, 2.05) is 0 Å². The van der Waals surface area contributed by atoms with Crippen LogP contribution in [0.4, 0.5) is 14.6 Å². The minimum absolute atomic E-state index is 0.177. The van der Waals surface area contributed by atoms with Crippen molar-refractivity contribution in [2.45, 2.75) is 13.0 Å². The van der Waals surface area contributed by atoms with E-state index in [1.165, 1.54) is 23.0 Å². The van der Waals surface area contributed by atoms with Gasteiger partial charge in [0.15, 0.2) is 11.6 Å². The monoisotopic (exact) mass is 257 g/mol. The van der Waals surface area contributed by atoms with Gasteiger partial charge in [-0.25, -0.2) is 13.5 Å². The maximum atomic E-state index is 13.6. The first-order valence-electron chi connectivity index (χ1n) is 4.94. The van der Waals surface area contributed by atoms with Gasteiger partial charge in [0.05, 0.1) is 12.2 Å². The van der Waals surface area contributed by atoms with Gasteiger partial charge in [0, 0.05) is 5.56 Å². The maximum absolute atomic E-state index is 13.6. The summed E-state index contributed by atoms with van der Waals surface area (Å²) in [6.45, 7) is 1.66. The molecule has 0 fully saturated rings. The summed E-state index contributed by atoms with van der Waals surface area (Å²) in [6.07, 6.45) is 1.37. The van der Waals surface area contributed by atoms with Crippen LogP contribution >= 0.6 is 11.6 Å². The Morgan fingerprint density at radius 2 is 2.12 bits per heavy atom. The SMILES string of the molecule is CC(c1cccc(F)c1F)n1ncc(Cl)c1N. The second-order valence-electron chi connectivity index (χ2n) is 3.64. The normalized spacial score (nSPS) is 12.7. The second-order valence-corrected chi connectivity index (χ2v) is 4.05. The average Bonchev–Trinajstić information content (AvgIpc) is 2.63. The van der Waals surface area contributed by atoms with Crippen LogP contribution in [0, 0.1) is 11.6 Å².